The van der Waals surface area contributed by atoms with Gasteiger partial charge in [0.2, 0.25) is 5.69 Å². The van der Waals surface area contributed by atoms with E-state index < -0.39 is 12.2 Å². The van der Waals surface area contributed by atoms with Crippen LogP contribution in [0.4, 0.5) is 10.1 Å². The maximum absolute atomic E-state index is 15.4. The Balaban J connectivity index is 1.83. The molecule has 0 saturated carbocycles. The molecule has 4 heteroatoms. The van der Waals surface area contributed by atoms with Crippen LogP contribution in [0.2, 0.25) is 0 Å². The average molecular weight is 452 g/mol. The third-order valence-electron chi connectivity index (χ3n) is 6.07. The highest BCUT2D eigenvalue weighted by molar-refractivity contribution is 6.16. The van der Waals surface area contributed by atoms with Gasteiger partial charge in [0.25, 0.3) is 0 Å². The first-order valence-corrected chi connectivity index (χ1v) is 11.3. The normalized spacial score (nSPS) is 12.7. The van der Waals surface area contributed by atoms with E-state index in [4.69, 9.17) is 13.7 Å². The summed E-state index contributed by atoms with van der Waals surface area (Å²) in [7, 11) is 1.79. The highest BCUT2D eigenvalue weighted by Crippen LogP contribution is 2.43. The van der Waals surface area contributed by atoms with E-state index in [9.17, 15) is 0 Å². The van der Waals surface area contributed by atoms with Crippen molar-refractivity contribution in [1.82, 2.24) is 0 Å². The lowest BCUT2D eigenvalue weighted by molar-refractivity contribution is -0.661. The smallest absolute Gasteiger partial charge is 0.219 e. The van der Waals surface area contributed by atoms with Gasteiger partial charge in [-0.15, -0.1) is 0 Å². The monoisotopic (exact) mass is 451 g/mol. The molecule has 34 heavy (non-hydrogen) atoms. The van der Waals surface area contributed by atoms with E-state index in [0.29, 0.717) is 22.5 Å². The molecular formula is C30H26FN2O+. The fourth-order valence-corrected chi connectivity index (χ4v) is 4.57. The number of rotatable bonds is 4. The van der Waals surface area contributed by atoms with Gasteiger partial charge in [0.05, 0.1) is 17.7 Å². The minimum Gasteiger partial charge on any atom is -0.456 e. The van der Waals surface area contributed by atoms with Crippen molar-refractivity contribution >= 4 is 27.6 Å². The van der Waals surface area contributed by atoms with Crippen molar-refractivity contribution in [3.05, 3.63) is 95.2 Å². The first kappa shape index (κ1) is 19.5. The van der Waals surface area contributed by atoms with Gasteiger partial charge in [0.15, 0.2) is 11.9 Å². The van der Waals surface area contributed by atoms with Gasteiger partial charge in [-0.05, 0) is 48.0 Å². The number of aryl methyl sites for hydroxylation is 2. The minimum atomic E-state index is -1.80. The van der Waals surface area contributed by atoms with E-state index >= 15 is 4.39 Å². The summed E-state index contributed by atoms with van der Waals surface area (Å²) in [4.78, 5) is 3.65. The molecule has 0 spiro atoms. The number of aromatic nitrogens is 1. The molecule has 3 nitrogen and oxygen atoms in total. The molecule has 0 saturated heterocycles. The molecule has 0 aliphatic carbocycles. The van der Waals surface area contributed by atoms with Crippen molar-refractivity contribution < 1.29 is 16.1 Å². The number of furan rings is 1. The van der Waals surface area contributed by atoms with Gasteiger partial charge in [-0.1, -0.05) is 56.3 Å². The van der Waals surface area contributed by atoms with Gasteiger partial charge >= 0.3 is 0 Å². The Morgan fingerprint density at radius 1 is 1.12 bits per heavy atom. The molecule has 5 rings (SSSR count). The molecule has 0 aliphatic heterocycles. The number of hydrogen-bond donors (Lipinski definition) is 0. The highest BCUT2D eigenvalue weighted by atomic mass is 19.1. The van der Waals surface area contributed by atoms with Crippen molar-refractivity contribution in [3.63, 3.8) is 0 Å². The van der Waals surface area contributed by atoms with Crippen LogP contribution in [0.25, 0.3) is 49.2 Å². The molecule has 0 radical (unpaired) electrons. The van der Waals surface area contributed by atoms with Crippen LogP contribution in [0.1, 0.15) is 27.7 Å². The molecule has 0 bridgehead atoms. The van der Waals surface area contributed by atoms with E-state index in [1.165, 1.54) is 12.3 Å². The Bertz CT molecular complexity index is 1680. The fourth-order valence-electron chi connectivity index (χ4n) is 4.57. The summed E-state index contributed by atoms with van der Waals surface area (Å²) < 4.78 is 40.3. The van der Waals surface area contributed by atoms with Crippen LogP contribution in [0.15, 0.2) is 71.3 Å². The van der Waals surface area contributed by atoms with Crippen LogP contribution in [0.5, 0.6) is 0 Å². The highest BCUT2D eigenvalue weighted by Gasteiger charge is 2.24. The van der Waals surface area contributed by atoms with Gasteiger partial charge in [-0.2, -0.15) is 0 Å². The fraction of sp³-hybridized carbons (Fsp3) is 0.200. The van der Waals surface area contributed by atoms with E-state index in [1.807, 2.05) is 55.5 Å². The largest absolute Gasteiger partial charge is 0.456 e. The summed E-state index contributed by atoms with van der Waals surface area (Å²) in [5.74, 6) is -0.971. The van der Waals surface area contributed by atoms with Gasteiger partial charge in [-0.3, -0.25) is 0 Å². The van der Waals surface area contributed by atoms with Gasteiger partial charge in [0.1, 0.15) is 24.0 Å². The predicted octanol–water partition coefficient (Wildman–Crippen LogP) is 7.94. The van der Waals surface area contributed by atoms with E-state index in [1.54, 1.807) is 31.5 Å². The Morgan fingerprint density at radius 3 is 2.59 bits per heavy atom. The van der Waals surface area contributed by atoms with Crippen molar-refractivity contribution in [2.75, 3.05) is 0 Å². The molecule has 0 fully saturated rings. The van der Waals surface area contributed by atoms with Gasteiger partial charge in [0, 0.05) is 19.6 Å². The number of nitrogens with zero attached hydrogens (tertiary/aromatic N) is 2. The van der Waals surface area contributed by atoms with E-state index in [-0.39, 0.29) is 11.5 Å². The molecule has 2 aromatic heterocycles. The molecule has 2 heterocycles. The second kappa shape index (κ2) is 8.43. The molecular weight excluding hydrogens is 423 g/mol. The van der Waals surface area contributed by atoms with Crippen LogP contribution in [0, 0.1) is 25.2 Å². The number of fused-ring (bicyclic) bond motifs is 3. The maximum Gasteiger partial charge on any atom is 0.219 e. The zero-order valence-electron chi connectivity index (χ0n) is 21.6. The Kier molecular flexibility index (Phi) is 4.83. The Morgan fingerprint density at radius 2 is 1.88 bits per heavy atom. The summed E-state index contributed by atoms with van der Waals surface area (Å²) in [5.41, 5.74) is 5.84. The van der Waals surface area contributed by atoms with Crippen molar-refractivity contribution in [1.29, 1.82) is 0 Å². The Labute approximate surface area is 201 Å². The van der Waals surface area contributed by atoms with Gasteiger partial charge < -0.3 is 4.42 Å². The molecule has 0 amide bonds. The predicted molar refractivity (Wildman–Crippen MR) is 135 cm³/mol. The number of pyridine rings is 1. The lowest BCUT2D eigenvalue weighted by atomic mass is 9.95. The van der Waals surface area contributed by atoms with E-state index in [2.05, 4.69) is 4.85 Å². The second-order valence-electron chi connectivity index (χ2n) is 8.91. The van der Waals surface area contributed by atoms with Crippen LogP contribution in [0.3, 0.4) is 0 Å². The maximum atomic E-state index is 15.4. The minimum absolute atomic E-state index is 0.0336. The molecule has 0 N–H and O–H groups in total. The SMILES string of the molecule is [2H]C([2H])(c1c[n+](C)c(-c2c(C)ccc3c2oc2cc([N+]#[C-])cc(-c4ccccc4)c23)cc1F)C(C)C. The number of hydrogen-bond acceptors (Lipinski definition) is 1. The van der Waals surface area contributed by atoms with Crippen molar-refractivity contribution in [3.8, 4) is 22.4 Å². The van der Waals surface area contributed by atoms with Crippen LogP contribution < -0.4 is 4.57 Å². The standard InChI is InChI=1S/C30H26FN2O/c1-18(2)13-21-17-33(5)26(16-25(21)31)28-19(3)11-12-23-29-24(20-9-7-6-8-10-20)14-22(32-4)15-27(29)34-30(23)28/h6-12,14-18H,13H2,1-3,5H3/q+1/i13D2. The molecule has 168 valence electrons. The summed E-state index contributed by atoms with van der Waals surface area (Å²) in [6, 6.07) is 18.9. The zero-order valence-corrected chi connectivity index (χ0v) is 19.6. The summed E-state index contributed by atoms with van der Waals surface area (Å²) in [6.45, 7) is 13.0. The quantitative estimate of drug-likeness (QED) is 0.201. The molecule has 3 aromatic carbocycles. The number of benzene rings is 3. The van der Waals surface area contributed by atoms with Crippen molar-refractivity contribution in [2.24, 2.45) is 13.0 Å². The lowest BCUT2D eigenvalue weighted by Crippen LogP contribution is -2.32. The summed E-state index contributed by atoms with van der Waals surface area (Å²) >= 11 is 0. The topological polar surface area (TPSA) is 21.4 Å². The van der Waals surface area contributed by atoms with Crippen LogP contribution in [-0.4, -0.2) is 0 Å². The zero-order chi connectivity index (χ0) is 25.8. The van der Waals surface area contributed by atoms with Crippen molar-refractivity contribution in [2.45, 2.75) is 27.1 Å². The number of halogens is 1. The first-order valence-electron chi connectivity index (χ1n) is 12.3. The van der Waals surface area contributed by atoms with Crippen LogP contribution >= 0.6 is 0 Å². The molecule has 0 unspecified atom stereocenters. The lowest BCUT2D eigenvalue weighted by Gasteiger charge is -2.09. The summed E-state index contributed by atoms with van der Waals surface area (Å²) in [5, 5.41) is 1.78. The third-order valence-corrected chi connectivity index (χ3v) is 6.07. The summed E-state index contributed by atoms with van der Waals surface area (Å²) in [6.07, 6.45) is -0.264. The van der Waals surface area contributed by atoms with E-state index in [0.717, 1.165) is 33.0 Å². The Hall–Kier alpha value is -3.97. The third kappa shape index (κ3) is 3.64. The molecule has 5 aromatic rings. The first-order chi connectivity index (χ1) is 17.1. The van der Waals surface area contributed by atoms with Crippen LogP contribution in [-0.2, 0) is 13.4 Å². The average Bonchev–Trinajstić information content (AvgIpc) is 3.23. The second-order valence-corrected chi connectivity index (χ2v) is 8.91. The van der Waals surface area contributed by atoms with Gasteiger partial charge in [-0.25, -0.2) is 13.8 Å². The molecule has 0 atom stereocenters. The molecule has 0 aliphatic rings.